The number of rotatable bonds is 6. The summed E-state index contributed by atoms with van der Waals surface area (Å²) >= 11 is 0. The topological polar surface area (TPSA) is 93.4 Å². The van der Waals surface area contributed by atoms with Crippen molar-refractivity contribution in [1.29, 1.82) is 5.26 Å². The van der Waals surface area contributed by atoms with Gasteiger partial charge < -0.3 is 9.30 Å². The zero-order chi connectivity index (χ0) is 28.9. The lowest BCUT2D eigenvalue weighted by Gasteiger charge is -2.46. The van der Waals surface area contributed by atoms with Gasteiger partial charge in [-0.05, 0) is 48.1 Å². The normalized spacial score (nSPS) is 23.4. The van der Waals surface area contributed by atoms with Gasteiger partial charge in [0, 0.05) is 39.1 Å². The average Bonchev–Trinajstić information content (AvgIpc) is 3.49. The zero-order valence-corrected chi connectivity index (χ0v) is 22.8. The SMILES string of the molecule is Cn1cnnc1[C@]1(c2cccc(-n3cc4c(C(F)(F)F)cc(CN5CCO[C@H](CC#N)C5)cn4c3=O)c2)C[C@H](C)C1. The first-order valence-corrected chi connectivity index (χ1v) is 13.6. The number of imidazole rings is 1. The summed E-state index contributed by atoms with van der Waals surface area (Å²) in [6.45, 7) is 3.72. The second-order valence-electron chi connectivity index (χ2n) is 11.3. The lowest BCUT2D eigenvalue weighted by atomic mass is 9.58. The summed E-state index contributed by atoms with van der Waals surface area (Å²) in [5.74, 6) is 1.30. The fraction of sp³-hybridized carbons (Fsp3) is 0.448. The van der Waals surface area contributed by atoms with Crippen LogP contribution in [0.3, 0.4) is 0 Å². The van der Waals surface area contributed by atoms with Crippen LogP contribution in [0.2, 0.25) is 0 Å². The third kappa shape index (κ3) is 4.83. The molecule has 0 bridgehead atoms. The van der Waals surface area contributed by atoms with Crippen LogP contribution in [0.5, 0.6) is 0 Å². The molecule has 1 saturated heterocycles. The summed E-state index contributed by atoms with van der Waals surface area (Å²) in [7, 11) is 1.89. The first-order chi connectivity index (χ1) is 19.6. The highest BCUT2D eigenvalue weighted by molar-refractivity contribution is 5.58. The summed E-state index contributed by atoms with van der Waals surface area (Å²) in [6, 6.07) is 10.6. The number of nitrogens with zero attached hydrogens (tertiary/aromatic N) is 7. The predicted molar refractivity (Wildman–Crippen MR) is 143 cm³/mol. The highest BCUT2D eigenvalue weighted by atomic mass is 19.4. The van der Waals surface area contributed by atoms with Crippen LogP contribution in [0.25, 0.3) is 11.2 Å². The third-order valence-electron chi connectivity index (χ3n) is 8.29. The van der Waals surface area contributed by atoms with E-state index in [-0.39, 0.29) is 30.0 Å². The first kappa shape index (κ1) is 27.2. The summed E-state index contributed by atoms with van der Waals surface area (Å²) in [5, 5.41) is 17.4. The molecule has 9 nitrogen and oxygen atoms in total. The average molecular weight is 566 g/mol. The Hall–Kier alpha value is -3.95. The van der Waals surface area contributed by atoms with E-state index in [4.69, 9.17) is 10.00 Å². The number of alkyl halides is 3. The Labute approximate surface area is 234 Å². The number of benzene rings is 1. The predicted octanol–water partition coefficient (Wildman–Crippen LogP) is 4.07. The van der Waals surface area contributed by atoms with Crippen LogP contribution >= 0.6 is 0 Å². The molecule has 2 aliphatic rings. The van der Waals surface area contributed by atoms with Gasteiger partial charge in [0.2, 0.25) is 0 Å². The molecule has 1 aliphatic carbocycles. The summed E-state index contributed by atoms with van der Waals surface area (Å²) in [5.41, 5.74) is -0.241. The number of pyridine rings is 1. The van der Waals surface area contributed by atoms with Gasteiger partial charge in [0.05, 0.1) is 47.4 Å². The highest BCUT2D eigenvalue weighted by Gasteiger charge is 2.48. The molecule has 0 amide bonds. The van der Waals surface area contributed by atoms with Crippen LogP contribution < -0.4 is 5.69 Å². The molecule has 0 unspecified atom stereocenters. The maximum atomic E-state index is 14.3. The Morgan fingerprint density at radius 1 is 1.22 bits per heavy atom. The Balaban J connectivity index is 1.41. The number of halogens is 3. The lowest BCUT2D eigenvalue weighted by molar-refractivity contribution is -0.136. The monoisotopic (exact) mass is 565 g/mol. The standard InChI is InChI=1S/C29H30F3N7O2/c1-19-12-28(13-19,26-35-34-18-36(26)2)21-4-3-5-22(11-21)38-17-25-24(29(30,31)32)10-20(15-39(25)27(38)40)14-37-8-9-41-23(16-37)6-7-33/h3-5,10-11,15,17-19,23H,6,8-9,12-14,16H2,1-2H3/t19-,23-,28+/m1/s1. The van der Waals surface area contributed by atoms with E-state index in [1.165, 1.54) is 17.0 Å². The molecule has 214 valence electrons. The number of nitriles is 1. The molecule has 1 aromatic carbocycles. The fourth-order valence-electron chi connectivity index (χ4n) is 6.50. The molecule has 6 rings (SSSR count). The van der Waals surface area contributed by atoms with Crippen molar-refractivity contribution in [3.8, 4) is 11.8 Å². The van der Waals surface area contributed by atoms with Gasteiger partial charge in [-0.1, -0.05) is 19.1 Å². The fourth-order valence-corrected chi connectivity index (χ4v) is 6.50. The van der Waals surface area contributed by atoms with Gasteiger partial charge in [-0.15, -0.1) is 10.2 Å². The van der Waals surface area contributed by atoms with Crippen LogP contribution in [0, 0.1) is 17.2 Å². The van der Waals surface area contributed by atoms with Gasteiger partial charge in [-0.2, -0.15) is 18.4 Å². The van der Waals surface area contributed by atoms with E-state index in [0.29, 0.717) is 36.9 Å². The zero-order valence-electron chi connectivity index (χ0n) is 22.8. The lowest BCUT2D eigenvalue weighted by Crippen LogP contribution is -2.43. The highest BCUT2D eigenvalue weighted by Crippen LogP contribution is 2.51. The van der Waals surface area contributed by atoms with Crippen molar-refractivity contribution in [3.05, 3.63) is 82.1 Å². The number of morpholine rings is 1. The molecular formula is C29H30F3N7O2. The molecule has 4 heterocycles. The van der Waals surface area contributed by atoms with Crippen LogP contribution in [0.1, 0.15) is 48.7 Å². The van der Waals surface area contributed by atoms with Crippen LogP contribution in [0.15, 0.2) is 53.8 Å². The molecule has 3 aromatic heterocycles. The molecule has 1 saturated carbocycles. The molecule has 4 aromatic rings. The number of fused-ring (bicyclic) bond motifs is 1. The van der Waals surface area contributed by atoms with Crippen LogP contribution in [-0.2, 0) is 29.9 Å². The van der Waals surface area contributed by atoms with E-state index in [1.54, 1.807) is 12.4 Å². The third-order valence-corrected chi connectivity index (χ3v) is 8.29. The van der Waals surface area contributed by atoms with E-state index < -0.39 is 17.4 Å². The maximum Gasteiger partial charge on any atom is 0.418 e. The van der Waals surface area contributed by atoms with E-state index in [0.717, 1.165) is 34.7 Å². The van der Waals surface area contributed by atoms with E-state index in [1.807, 2.05) is 34.7 Å². The van der Waals surface area contributed by atoms with E-state index in [9.17, 15) is 18.0 Å². The van der Waals surface area contributed by atoms with Crippen LogP contribution in [-0.4, -0.2) is 54.4 Å². The smallest absolute Gasteiger partial charge is 0.374 e. The minimum atomic E-state index is -4.66. The second kappa shape index (κ2) is 10.2. The molecule has 12 heteroatoms. The Morgan fingerprint density at radius 2 is 2.02 bits per heavy atom. The molecule has 1 aliphatic heterocycles. The molecule has 0 N–H and O–H groups in total. The van der Waals surface area contributed by atoms with Crippen molar-refractivity contribution < 1.29 is 17.9 Å². The Bertz CT molecular complexity index is 1690. The molecule has 1 atom stereocenters. The van der Waals surface area contributed by atoms with Gasteiger partial charge in [-0.25, -0.2) is 4.79 Å². The second-order valence-corrected chi connectivity index (χ2v) is 11.3. The van der Waals surface area contributed by atoms with Gasteiger partial charge in [-0.3, -0.25) is 13.9 Å². The minimum absolute atomic E-state index is 0.204. The number of ether oxygens (including phenoxy) is 1. The molecule has 2 fully saturated rings. The Kier molecular flexibility index (Phi) is 6.74. The molecular weight excluding hydrogens is 535 g/mol. The van der Waals surface area contributed by atoms with Crippen molar-refractivity contribution >= 4 is 5.52 Å². The van der Waals surface area contributed by atoms with Crippen molar-refractivity contribution in [3.63, 3.8) is 0 Å². The number of hydrogen-bond acceptors (Lipinski definition) is 6. The van der Waals surface area contributed by atoms with Gasteiger partial charge in [0.1, 0.15) is 12.2 Å². The van der Waals surface area contributed by atoms with Crippen molar-refractivity contribution in [1.82, 2.24) is 28.6 Å². The van der Waals surface area contributed by atoms with Crippen molar-refractivity contribution in [2.45, 2.75) is 50.4 Å². The summed E-state index contributed by atoms with van der Waals surface area (Å²) in [6.07, 6.45) is 1.38. The van der Waals surface area contributed by atoms with Crippen LogP contribution in [0.4, 0.5) is 13.2 Å². The Morgan fingerprint density at radius 3 is 2.71 bits per heavy atom. The first-order valence-electron chi connectivity index (χ1n) is 13.6. The number of hydrogen-bond donors (Lipinski definition) is 0. The number of aryl methyl sites for hydroxylation is 1. The summed E-state index contributed by atoms with van der Waals surface area (Å²) < 4.78 is 52.7. The van der Waals surface area contributed by atoms with Gasteiger partial charge >= 0.3 is 11.9 Å². The van der Waals surface area contributed by atoms with Crippen molar-refractivity contribution in [2.24, 2.45) is 13.0 Å². The van der Waals surface area contributed by atoms with Crippen molar-refractivity contribution in [2.75, 3.05) is 19.7 Å². The van der Waals surface area contributed by atoms with Gasteiger partial charge in [0.15, 0.2) is 0 Å². The van der Waals surface area contributed by atoms with E-state index >= 15 is 0 Å². The minimum Gasteiger partial charge on any atom is -0.374 e. The maximum absolute atomic E-state index is 14.3. The number of aromatic nitrogens is 5. The largest absolute Gasteiger partial charge is 0.418 e. The molecule has 0 spiro atoms. The summed E-state index contributed by atoms with van der Waals surface area (Å²) in [4.78, 5) is 15.6. The molecule has 41 heavy (non-hydrogen) atoms. The van der Waals surface area contributed by atoms with E-state index in [2.05, 4.69) is 23.2 Å². The van der Waals surface area contributed by atoms with Gasteiger partial charge in [0.25, 0.3) is 0 Å². The molecule has 0 radical (unpaired) electrons. The quantitative estimate of drug-likeness (QED) is 0.350.